The van der Waals surface area contributed by atoms with Crippen LogP contribution in [0.25, 0.3) is 5.65 Å². The van der Waals surface area contributed by atoms with E-state index in [-0.39, 0.29) is 17.2 Å². The third-order valence-corrected chi connectivity index (χ3v) is 6.68. The van der Waals surface area contributed by atoms with Crippen molar-refractivity contribution in [2.45, 2.75) is 24.7 Å². The summed E-state index contributed by atoms with van der Waals surface area (Å²) in [4.78, 5) is 0.0766. The fourth-order valence-electron chi connectivity index (χ4n) is 2.68. The smallest absolute Gasteiger partial charge is 0.238 e. The molecule has 0 unspecified atom stereocenters. The van der Waals surface area contributed by atoms with Crippen LogP contribution in [0.5, 0.6) is 0 Å². The molecule has 0 spiro atoms. The predicted octanol–water partition coefficient (Wildman–Crippen LogP) is -0.0919. The Kier molecular flexibility index (Phi) is 6.65. The molecule has 162 valence electrons. The highest BCUT2D eigenvalue weighted by Gasteiger charge is 2.11. The fraction of sp³-hybridized carbons (Fsp3) is 0.353. The van der Waals surface area contributed by atoms with E-state index in [0.717, 1.165) is 5.56 Å². The van der Waals surface area contributed by atoms with Crippen LogP contribution >= 0.6 is 0 Å². The molecule has 3 aromatic rings. The minimum atomic E-state index is -3.70. The molecule has 0 radical (unpaired) electrons. The summed E-state index contributed by atoms with van der Waals surface area (Å²) in [5, 5.41) is 20.8. The summed E-state index contributed by atoms with van der Waals surface area (Å²) in [6, 6.07) is 9.93. The molecule has 11 nitrogen and oxygen atoms in total. The van der Waals surface area contributed by atoms with Gasteiger partial charge in [-0.3, -0.25) is 0 Å². The van der Waals surface area contributed by atoms with Gasteiger partial charge in [0.25, 0.3) is 0 Å². The van der Waals surface area contributed by atoms with Crippen molar-refractivity contribution in [3.8, 4) is 0 Å². The first kappa shape index (κ1) is 22.1. The van der Waals surface area contributed by atoms with E-state index in [4.69, 9.17) is 5.14 Å². The number of fused-ring (bicyclic) bond motifs is 1. The molecule has 0 bridgehead atoms. The van der Waals surface area contributed by atoms with Gasteiger partial charge in [-0.15, -0.1) is 15.3 Å². The molecule has 0 saturated heterocycles. The van der Waals surface area contributed by atoms with Crippen molar-refractivity contribution in [2.24, 2.45) is 5.14 Å². The Labute approximate surface area is 174 Å². The van der Waals surface area contributed by atoms with Crippen LogP contribution in [-0.4, -0.2) is 55.5 Å². The zero-order valence-electron chi connectivity index (χ0n) is 16.3. The van der Waals surface area contributed by atoms with Crippen molar-refractivity contribution in [2.75, 3.05) is 24.2 Å². The van der Waals surface area contributed by atoms with Crippen LogP contribution < -0.4 is 15.2 Å². The third kappa shape index (κ3) is 5.72. The Bertz CT molecular complexity index is 1220. The lowest BCUT2D eigenvalue weighted by Crippen LogP contribution is -2.27. The molecule has 0 atom stereocenters. The highest BCUT2D eigenvalue weighted by Crippen LogP contribution is 2.11. The van der Waals surface area contributed by atoms with Crippen molar-refractivity contribution in [1.82, 2.24) is 24.5 Å². The number of hydrogen-bond acceptors (Lipinski definition) is 8. The van der Waals surface area contributed by atoms with Gasteiger partial charge in [-0.05, 0) is 43.2 Å². The lowest BCUT2D eigenvalue weighted by atomic mass is 10.1. The van der Waals surface area contributed by atoms with Gasteiger partial charge < -0.3 is 5.32 Å². The molecule has 0 aliphatic carbocycles. The van der Waals surface area contributed by atoms with Crippen LogP contribution in [0.15, 0.2) is 41.3 Å². The maximum absolute atomic E-state index is 11.5. The summed E-state index contributed by atoms with van der Waals surface area (Å²) < 4.78 is 49.7. The number of rotatable bonds is 10. The van der Waals surface area contributed by atoms with Gasteiger partial charge >= 0.3 is 0 Å². The second-order valence-corrected chi connectivity index (χ2v) is 10.2. The van der Waals surface area contributed by atoms with E-state index in [1.165, 1.54) is 12.1 Å². The molecule has 0 amide bonds. The molecule has 13 heteroatoms. The van der Waals surface area contributed by atoms with Gasteiger partial charge in [-0.25, -0.2) is 26.7 Å². The third-order valence-electron chi connectivity index (χ3n) is 4.35. The van der Waals surface area contributed by atoms with Gasteiger partial charge in [0.1, 0.15) is 5.82 Å². The van der Waals surface area contributed by atoms with E-state index in [0.29, 0.717) is 36.7 Å². The second-order valence-electron chi connectivity index (χ2n) is 6.52. The summed E-state index contributed by atoms with van der Waals surface area (Å²) in [7, 11) is -6.96. The average Bonchev–Trinajstić information content (AvgIpc) is 3.10. The summed E-state index contributed by atoms with van der Waals surface area (Å²) in [6.07, 6.45) is 1.01. The molecule has 4 N–H and O–H groups in total. The lowest BCUT2D eigenvalue weighted by Gasteiger charge is -2.07. The van der Waals surface area contributed by atoms with E-state index >= 15 is 0 Å². The molecule has 0 aliphatic heterocycles. The maximum atomic E-state index is 11.5. The Balaban J connectivity index is 1.60. The Morgan fingerprint density at radius 2 is 1.70 bits per heavy atom. The number of primary sulfonamides is 1. The quantitative estimate of drug-likeness (QED) is 0.384. The average molecular weight is 454 g/mol. The van der Waals surface area contributed by atoms with Crippen LogP contribution in [0.2, 0.25) is 0 Å². The number of aromatic nitrogens is 4. The maximum Gasteiger partial charge on any atom is 0.238 e. The summed E-state index contributed by atoms with van der Waals surface area (Å²) in [6.45, 7) is 2.36. The standard InChI is InChI=1S/C17H23N7O4S2/c1-2-29(25,26)20-12-10-17-22-21-16-8-7-15(23-24(16)17)19-11-9-13-3-5-14(6-4-13)30(18,27)28/h3-8,20H,2,9-12H2,1H3,(H,19,23)(H2,18,27,28). The molecule has 2 aromatic heterocycles. The highest BCUT2D eigenvalue weighted by atomic mass is 32.2. The van der Waals surface area contributed by atoms with E-state index in [2.05, 4.69) is 25.3 Å². The number of nitrogens with two attached hydrogens (primary N) is 1. The summed E-state index contributed by atoms with van der Waals surface area (Å²) >= 11 is 0. The molecule has 30 heavy (non-hydrogen) atoms. The van der Waals surface area contributed by atoms with Gasteiger partial charge in [-0.2, -0.15) is 4.52 Å². The SMILES string of the molecule is CCS(=O)(=O)NCCc1nnc2ccc(NCCc3ccc(S(N)(=O)=O)cc3)nn12. The molecule has 3 rings (SSSR count). The van der Waals surface area contributed by atoms with Gasteiger partial charge in [0.15, 0.2) is 11.5 Å². The van der Waals surface area contributed by atoms with E-state index in [1.54, 1.807) is 35.7 Å². The molecule has 2 heterocycles. The second kappa shape index (κ2) is 9.04. The monoisotopic (exact) mass is 453 g/mol. The molecule has 0 saturated carbocycles. The highest BCUT2D eigenvalue weighted by molar-refractivity contribution is 7.89. The Morgan fingerprint density at radius 1 is 0.967 bits per heavy atom. The Hall–Kier alpha value is -2.61. The predicted molar refractivity (Wildman–Crippen MR) is 112 cm³/mol. The van der Waals surface area contributed by atoms with Crippen LogP contribution in [0.3, 0.4) is 0 Å². The summed E-state index contributed by atoms with van der Waals surface area (Å²) in [5.74, 6) is 1.18. The first-order valence-electron chi connectivity index (χ1n) is 9.22. The van der Waals surface area contributed by atoms with Gasteiger partial charge in [0, 0.05) is 19.5 Å². The van der Waals surface area contributed by atoms with Crippen molar-refractivity contribution < 1.29 is 16.8 Å². The first-order valence-corrected chi connectivity index (χ1v) is 12.4. The molecule has 1 aromatic carbocycles. The van der Waals surface area contributed by atoms with Crippen molar-refractivity contribution in [3.63, 3.8) is 0 Å². The molecular weight excluding hydrogens is 430 g/mol. The van der Waals surface area contributed by atoms with E-state index in [1.807, 2.05) is 0 Å². The summed E-state index contributed by atoms with van der Waals surface area (Å²) in [5.41, 5.74) is 1.51. The van der Waals surface area contributed by atoms with Gasteiger partial charge in [0.2, 0.25) is 20.0 Å². The lowest BCUT2D eigenvalue weighted by molar-refractivity contribution is 0.581. The van der Waals surface area contributed by atoms with Crippen LogP contribution in [0.4, 0.5) is 5.82 Å². The minimum absolute atomic E-state index is 0.0185. The minimum Gasteiger partial charge on any atom is -0.368 e. The van der Waals surface area contributed by atoms with Crippen LogP contribution in [0.1, 0.15) is 18.3 Å². The van der Waals surface area contributed by atoms with Crippen molar-refractivity contribution >= 4 is 31.5 Å². The number of anilines is 1. The van der Waals surface area contributed by atoms with E-state index in [9.17, 15) is 16.8 Å². The van der Waals surface area contributed by atoms with Crippen molar-refractivity contribution in [1.29, 1.82) is 0 Å². The van der Waals surface area contributed by atoms with Crippen LogP contribution in [0, 0.1) is 0 Å². The largest absolute Gasteiger partial charge is 0.368 e. The van der Waals surface area contributed by atoms with E-state index < -0.39 is 20.0 Å². The number of nitrogens with zero attached hydrogens (tertiary/aromatic N) is 4. The van der Waals surface area contributed by atoms with Crippen LogP contribution in [-0.2, 0) is 32.9 Å². The number of sulfonamides is 2. The Morgan fingerprint density at radius 3 is 2.37 bits per heavy atom. The zero-order valence-corrected chi connectivity index (χ0v) is 17.9. The molecule has 0 fully saturated rings. The number of benzene rings is 1. The van der Waals surface area contributed by atoms with Gasteiger partial charge in [-0.1, -0.05) is 12.1 Å². The van der Waals surface area contributed by atoms with Gasteiger partial charge in [0.05, 0.1) is 10.6 Å². The zero-order chi connectivity index (χ0) is 21.8. The van der Waals surface area contributed by atoms with Crippen molar-refractivity contribution in [3.05, 3.63) is 47.8 Å². The number of hydrogen-bond donors (Lipinski definition) is 3. The fourth-order valence-corrected chi connectivity index (χ4v) is 3.82. The molecule has 0 aliphatic rings. The topological polar surface area (TPSA) is 161 Å². The number of nitrogens with one attached hydrogen (secondary N) is 2. The normalized spacial score (nSPS) is 12.3. The molecular formula is C17H23N7O4S2. The first-order chi connectivity index (χ1) is 14.2.